The third kappa shape index (κ3) is 19.9. The number of hydrogen-bond donors (Lipinski definition) is 1. The number of rotatable bonds is 19. The van der Waals surface area contributed by atoms with E-state index in [1.807, 2.05) is 0 Å². The molecule has 0 aromatic heterocycles. The Balaban J connectivity index is 0. The molecule has 0 aromatic rings. The van der Waals surface area contributed by atoms with E-state index in [1.165, 1.54) is 38.5 Å². The van der Waals surface area contributed by atoms with Crippen molar-refractivity contribution in [1.82, 2.24) is 0 Å². The zero-order chi connectivity index (χ0) is 19.7. The molecule has 0 radical (unpaired) electrons. The summed E-state index contributed by atoms with van der Waals surface area (Å²) in [6.45, 7) is 4.00. The van der Waals surface area contributed by atoms with E-state index in [0.717, 1.165) is 57.8 Å². The van der Waals surface area contributed by atoms with Gasteiger partial charge in [-0.1, -0.05) is 97.3 Å². The largest absolute Gasteiger partial charge is 1.00 e. The van der Waals surface area contributed by atoms with Crippen molar-refractivity contribution in [1.29, 1.82) is 0 Å². The van der Waals surface area contributed by atoms with Gasteiger partial charge in [0.2, 0.25) is 0 Å². The standard InChI is InChI=1S/C21H44O4S.Na/c1-3-5-6-7-8-11-14-17-20(22)18-15-12-9-10-13-16-19-21(4-2)26(23,24)25;/h20-22H,3-19H2,1-2H3,(H,23,24,25);/q;+1/p-1. The predicted octanol–water partition coefficient (Wildman–Crippen LogP) is 2.94. The smallest absolute Gasteiger partial charge is 0.748 e. The van der Waals surface area contributed by atoms with Crippen molar-refractivity contribution in [2.75, 3.05) is 0 Å². The van der Waals surface area contributed by atoms with Gasteiger partial charge < -0.3 is 9.66 Å². The van der Waals surface area contributed by atoms with Crippen LogP contribution in [0.25, 0.3) is 0 Å². The molecule has 2 atom stereocenters. The van der Waals surface area contributed by atoms with Crippen LogP contribution in [0, 0.1) is 0 Å². The zero-order valence-electron chi connectivity index (χ0n) is 18.3. The molecule has 158 valence electrons. The zero-order valence-corrected chi connectivity index (χ0v) is 21.1. The summed E-state index contributed by atoms with van der Waals surface area (Å²) in [5.74, 6) is 0. The molecule has 0 saturated carbocycles. The Morgan fingerprint density at radius 2 is 1.07 bits per heavy atom. The molecule has 0 aromatic carbocycles. The van der Waals surface area contributed by atoms with Gasteiger partial charge in [-0.2, -0.15) is 0 Å². The number of unbranched alkanes of at least 4 members (excludes halogenated alkanes) is 11. The van der Waals surface area contributed by atoms with Crippen molar-refractivity contribution < 1.29 is 47.6 Å². The van der Waals surface area contributed by atoms with Gasteiger partial charge in [-0.05, 0) is 25.7 Å². The topological polar surface area (TPSA) is 77.4 Å². The SMILES string of the molecule is CCCCCCCCCC(O)CCCCCCCCC(CC)S(=O)(=O)[O-].[Na+]. The van der Waals surface area contributed by atoms with Crippen LogP contribution >= 0.6 is 0 Å². The second kappa shape index (κ2) is 20.2. The molecule has 2 unspecified atom stereocenters. The van der Waals surface area contributed by atoms with E-state index in [0.29, 0.717) is 12.8 Å². The molecule has 0 fully saturated rings. The van der Waals surface area contributed by atoms with Crippen LogP contribution in [-0.4, -0.2) is 29.4 Å². The normalized spacial score (nSPS) is 13.9. The average Bonchev–Trinajstić information content (AvgIpc) is 2.58. The summed E-state index contributed by atoms with van der Waals surface area (Å²) in [5, 5.41) is 9.30. The van der Waals surface area contributed by atoms with Gasteiger partial charge in [0, 0.05) is 5.25 Å². The molecule has 0 aliphatic carbocycles. The first-order valence-corrected chi connectivity index (χ1v) is 12.5. The molecule has 0 spiro atoms. The van der Waals surface area contributed by atoms with Crippen molar-refractivity contribution in [3.8, 4) is 0 Å². The van der Waals surface area contributed by atoms with Gasteiger partial charge in [0.15, 0.2) is 0 Å². The van der Waals surface area contributed by atoms with Crippen LogP contribution in [-0.2, 0) is 10.1 Å². The Labute approximate surface area is 191 Å². The van der Waals surface area contributed by atoms with Crippen molar-refractivity contribution in [3.63, 3.8) is 0 Å². The van der Waals surface area contributed by atoms with E-state index in [4.69, 9.17) is 0 Å². The summed E-state index contributed by atoms with van der Waals surface area (Å²) >= 11 is 0. The maximum atomic E-state index is 11.0. The van der Waals surface area contributed by atoms with E-state index in [9.17, 15) is 18.1 Å². The summed E-state index contributed by atoms with van der Waals surface area (Å²) < 4.78 is 33.0. The van der Waals surface area contributed by atoms with E-state index >= 15 is 0 Å². The summed E-state index contributed by atoms with van der Waals surface area (Å²) in [5.41, 5.74) is 0. The van der Waals surface area contributed by atoms with E-state index < -0.39 is 15.4 Å². The van der Waals surface area contributed by atoms with Gasteiger partial charge in [0.1, 0.15) is 0 Å². The monoisotopic (exact) mass is 414 g/mol. The van der Waals surface area contributed by atoms with Crippen LogP contribution < -0.4 is 29.6 Å². The molecule has 0 heterocycles. The minimum atomic E-state index is -4.12. The first kappa shape index (κ1) is 30.1. The van der Waals surface area contributed by atoms with Crippen molar-refractivity contribution in [3.05, 3.63) is 0 Å². The van der Waals surface area contributed by atoms with Crippen LogP contribution in [0.3, 0.4) is 0 Å². The van der Waals surface area contributed by atoms with Crippen molar-refractivity contribution >= 4 is 10.1 Å². The first-order valence-electron chi connectivity index (χ1n) is 11.0. The molecule has 4 nitrogen and oxygen atoms in total. The molecule has 0 rings (SSSR count). The minimum absolute atomic E-state index is 0. The Kier molecular flexibility index (Phi) is 22.4. The summed E-state index contributed by atoms with van der Waals surface area (Å²) in [6, 6.07) is 0. The Morgan fingerprint density at radius 1 is 0.704 bits per heavy atom. The molecule has 0 bridgehead atoms. The minimum Gasteiger partial charge on any atom is -0.748 e. The van der Waals surface area contributed by atoms with Gasteiger partial charge in [-0.25, -0.2) is 8.42 Å². The molecular weight excluding hydrogens is 371 g/mol. The summed E-state index contributed by atoms with van der Waals surface area (Å²) in [7, 11) is -4.12. The molecule has 0 amide bonds. The fourth-order valence-corrected chi connectivity index (χ4v) is 4.36. The van der Waals surface area contributed by atoms with Gasteiger partial charge in [-0.3, -0.25) is 0 Å². The second-order valence-electron chi connectivity index (χ2n) is 7.79. The third-order valence-electron chi connectivity index (χ3n) is 5.32. The quantitative estimate of drug-likeness (QED) is 0.200. The number of aliphatic hydroxyl groups is 1. The average molecular weight is 415 g/mol. The van der Waals surface area contributed by atoms with Gasteiger partial charge >= 0.3 is 29.6 Å². The molecular formula is C21H43NaO4S. The van der Waals surface area contributed by atoms with Crippen LogP contribution in [0.15, 0.2) is 0 Å². The van der Waals surface area contributed by atoms with Crippen molar-refractivity contribution in [2.45, 2.75) is 134 Å². The van der Waals surface area contributed by atoms with Crippen LogP contribution in [0.2, 0.25) is 0 Å². The molecule has 0 aliphatic heterocycles. The fourth-order valence-electron chi connectivity index (χ4n) is 3.49. The van der Waals surface area contributed by atoms with Crippen LogP contribution in [0.1, 0.15) is 123 Å². The molecule has 0 aliphatic rings. The van der Waals surface area contributed by atoms with Crippen LogP contribution in [0.5, 0.6) is 0 Å². The molecule has 6 heteroatoms. The third-order valence-corrected chi connectivity index (χ3v) is 6.70. The molecule has 0 saturated heterocycles. The molecule has 27 heavy (non-hydrogen) atoms. The summed E-state index contributed by atoms with van der Waals surface area (Å²) in [6.07, 6.45) is 17.9. The first-order chi connectivity index (χ1) is 12.4. The predicted molar refractivity (Wildman–Crippen MR) is 109 cm³/mol. The summed E-state index contributed by atoms with van der Waals surface area (Å²) in [4.78, 5) is 0. The maximum Gasteiger partial charge on any atom is 1.00 e. The van der Waals surface area contributed by atoms with Gasteiger partial charge in [-0.15, -0.1) is 0 Å². The molecule has 1 N–H and O–H groups in total. The van der Waals surface area contributed by atoms with Gasteiger partial charge in [0.25, 0.3) is 0 Å². The Hall–Kier alpha value is 0.870. The van der Waals surface area contributed by atoms with E-state index in [2.05, 4.69) is 6.92 Å². The van der Waals surface area contributed by atoms with E-state index in [-0.39, 0.29) is 35.7 Å². The van der Waals surface area contributed by atoms with E-state index in [1.54, 1.807) is 6.92 Å². The Bertz CT molecular complexity index is 401. The Morgan fingerprint density at radius 3 is 1.44 bits per heavy atom. The maximum absolute atomic E-state index is 11.0. The number of hydrogen-bond acceptors (Lipinski definition) is 4. The van der Waals surface area contributed by atoms with Crippen LogP contribution in [0.4, 0.5) is 0 Å². The number of aliphatic hydroxyl groups excluding tert-OH is 1. The van der Waals surface area contributed by atoms with Crippen molar-refractivity contribution in [2.24, 2.45) is 0 Å². The van der Waals surface area contributed by atoms with Gasteiger partial charge in [0.05, 0.1) is 16.2 Å². The second-order valence-corrected chi connectivity index (χ2v) is 9.44. The fraction of sp³-hybridized carbons (Fsp3) is 1.00.